The summed E-state index contributed by atoms with van der Waals surface area (Å²) in [5.41, 5.74) is 6.57. The fourth-order valence-electron chi connectivity index (χ4n) is 1.60. The maximum Gasteiger partial charge on any atom is 0.242 e. The minimum Gasteiger partial charge on any atom is -0.399 e. The van der Waals surface area contributed by atoms with E-state index >= 15 is 0 Å². The zero-order chi connectivity index (χ0) is 15.2. The molecule has 0 spiro atoms. The third-order valence-corrected chi connectivity index (χ3v) is 4.99. The second kappa shape index (κ2) is 7.25. The van der Waals surface area contributed by atoms with Gasteiger partial charge in [-0.05, 0) is 31.5 Å². The van der Waals surface area contributed by atoms with E-state index < -0.39 is 21.0 Å². The Hall–Kier alpha value is -1.60. The average molecular weight is 300 g/mol. The normalized spacial score (nSPS) is 12.9. The Morgan fingerprint density at radius 1 is 1.45 bits per heavy atom. The van der Waals surface area contributed by atoms with Crippen LogP contribution >= 0.6 is 0 Å². The van der Waals surface area contributed by atoms with Gasteiger partial charge >= 0.3 is 0 Å². The second-order valence-corrected chi connectivity index (χ2v) is 6.91. The van der Waals surface area contributed by atoms with Crippen LogP contribution in [0.25, 0.3) is 0 Å². The molecule has 0 bridgehead atoms. The summed E-state index contributed by atoms with van der Waals surface area (Å²) in [4.78, 5) is 11.9. The largest absolute Gasteiger partial charge is 0.399 e. The maximum absolute atomic E-state index is 12.0. The molecular weight excluding hydrogens is 280 g/mol. The first-order valence-corrected chi connectivity index (χ1v) is 7.95. The van der Waals surface area contributed by atoms with Crippen molar-refractivity contribution in [2.45, 2.75) is 18.6 Å². The van der Waals surface area contributed by atoms with E-state index in [1.807, 2.05) is 0 Å². The molecule has 1 aromatic carbocycles. The van der Waals surface area contributed by atoms with Gasteiger partial charge in [-0.25, -0.2) is 8.42 Å². The van der Waals surface area contributed by atoms with E-state index in [1.54, 1.807) is 24.3 Å². The first-order chi connectivity index (χ1) is 9.36. The number of nitrogens with two attached hydrogens (primary N) is 1. The van der Waals surface area contributed by atoms with Crippen molar-refractivity contribution in [3.63, 3.8) is 0 Å². The molecule has 1 unspecified atom stereocenters. The molecule has 0 aliphatic heterocycles. The number of ether oxygens (including phenoxy) is 1. The summed E-state index contributed by atoms with van der Waals surface area (Å²) in [6.45, 7) is 1.73. The molecule has 0 aliphatic carbocycles. The smallest absolute Gasteiger partial charge is 0.242 e. The Bertz CT molecular complexity index is 557. The van der Waals surface area contributed by atoms with E-state index in [-0.39, 0.29) is 5.75 Å². The van der Waals surface area contributed by atoms with Crippen molar-refractivity contribution in [2.24, 2.45) is 0 Å². The summed E-state index contributed by atoms with van der Waals surface area (Å²) in [6.07, 6.45) is 0.370. The first kappa shape index (κ1) is 16.5. The molecule has 7 heteroatoms. The van der Waals surface area contributed by atoms with E-state index in [4.69, 9.17) is 10.5 Å². The maximum atomic E-state index is 12.0. The highest BCUT2D eigenvalue weighted by atomic mass is 32.2. The van der Waals surface area contributed by atoms with E-state index in [9.17, 15) is 13.2 Å². The number of nitrogen functional groups attached to an aromatic ring is 1. The lowest BCUT2D eigenvalue weighted by molar-refractivity contribution is -0.115. The molecule has 1 rings (SSSR count). The quantitative estimate of drug-likeness (QED) is 0.579. The average Bonchev–Trinajstić information content (AvgIpc) is 2.38. The van der Waals surface area contributed by atoms with Gasteiger partial charge < -0.3 is 15.8 Å². The zero-order valence-corrected chi connectivity index (χ0v) is 12.4. The number of amides is 1. The van der Waals surface area contributed by atoms with Gasteiger partial charge in [-0.2, -0.15) is 0 Å². The standard InChI is InChI=1S/C13H20N2O4S/c1-10(20(17,18)8-4-7-19-2)13(16)15-12-6-3-5-11(14)9-12/h3,5-6,9-10H,4,7-8,14H2,1-2H3,(H,15,16). The number of rotatable bonds is 7. The molecule has 112 valence electrons. The van der Waals surface area contributed by atoms with E-state index in [2.05, 4.69) is 5.32 Å². The Kier molecular flexibility index (Phi) is 5.97. The van der Waals surface area contributed by atoms with Crippen molar-refractivity contribution in [3.05, 3.63) is 24.3 Å². The van der Waals surface area contributed by atoms with Gasteiger partial charge in [0.15, 0.2) is 9.84 Å². The summed E-state index contributed by atoms with van der Waals surface area (Å²) >= 11 is 0. The van der Waals surface area contributed by atoms with Crippen molar-refractivity contribution in [3.8, 4) is 0 Å². The van der Waals surface area contributed by atoms with Crippen LogP contribution in [-0.2, 0) is 19.4 Å². The van der Waals surface area contributed by atoms with Gasteiger partial charge in [0.05, 0.1) is 5.75 Å². The van der Waals surface area contributed by atoms with Gasteiger partial charge in [-0.1, -0.05) is 6.07 Å². The van der Waals surface area contributed by atoms with Crippen LogP contribution in [0.3, 0.4) is 0 Å². The Labute approximate surface area is 119 Å². The highest BCUT2D eigenvalue weighted by molar-refractivity contribution is 7.92. The summed E-state index contributed by atoms with van der Waals surface area (Å²) in [6, 6.07) is 6.59. The topological polar surface area (TPSA) is 98.5 Å². The van der Waals surface area contributed by atoms with Crippen molar-refractivity contribution in [2.75, 3.05) is 30.5 Å². The van der Waals surface area contributed by atoms with Crippen LogP contribution in [0.2, 0.25) is 0 Å². The van der Waals surface area contributed by atoms with Gasteiger partial charge in [-0.15, -0.1) is 0 Å². The van der Waals surface area contributed by atoms with E-state index in [1.165, 1.54) is 14.0 Å². The van der Waals surface area contributed by atoms with Crippen molar-refractivity contribution in [1.82, 2.24) is 0 Å². The zero-order valence-electron chi connectivity index (χ0n) is 11.6. The number of benzene rings is 1. The molecule has 0 fully saturated rings. The fraction of sp³-hybridized carbons (Fsp3) is 0.462. The summed E-state index contributed by atoms with van der Waals surface area (Å²) in [5.74, 6) is -0.639. The van der Waals surface area contributed by atoms with E-state index in [0.717, 1.165) is 0 Å². The van der Waals surface area contributed by atoms with Gasteiger partial charge in [-0.3, -0.25) is 4.79 Å². The Morgan fingerprint density at radius 3 is 2.75 bits per heavy atom. The number of hydrogen-bond donors (Lipinski definition) is 2. The predicted molar refractivity (Wildman–Crippen MR) is 79.2 cm³/mol. The number of carbonyl (C=O) groups is 1. The Morgan fingerprint density at radius 2 is 2.15 bits per heavy atom. The molecule has 0 aromatic heterocycles. The molecule has 0 aliphatic rings. The van der Waals surface area contributed by atoms with Crippen LogP contribution < -0.4 is 11.1 Å². The van der Waals surface area contributed by atoms with Crippen molar-refractivity contribution in [1.29, 1.82) is 0 Å². The van der Waals surface area contributed by atoms with E-state index in [0.29, 0.717) is 24.4 Å². The summed E-state index contributed by atoms with van der Waals surface area (Å²) in [7, 11) is -1.98. The lowest BCUT2D eigenvalue weighted by atomic mass is 10.3. The molecule has 1 amide bonds. The Balaban J connectivity index is 2.66. The van der Waals surface area contributed by atoms with Crippen molar-refractivity contribution >= 4 is 27.1 Å². The lowest BCUT2D eigenvalue weighted by Gasteiger charge is -2.13. The predicted octanol–water partition coefficient (Wildman–Crippen LogP) is 1.05. The van der Waals surface area contributed by atoms with Crippen LogP contribution in [0.5, 0.6) is 0 Å². The molecule has 1 aromatic rings. The highest BCUT2D eigenvalue weighted by Gasteiger charge is 2.27. The SMILES string of the molecule is COCCCS(=O)(=O)C(C)C(=O)Nc1cccc(N)c1. The number of carbonyl (C=O) groups excluding carboxylic acids is 1. The van der Waals surface area contributed by atoms with Crippen LogP contribution in [0.4, 0.5) is 11.4 Å². The van der Waals surface area contributed by atoms with Crippen LogP contribution in [0.15, 0.2) is 24.3 Å². The monoisotopic (exact) mass is 300 g/mol. The molecule has 1 atom stereocenters. The first-order valence-electron chi connectivity index (χ1n) is 6.23. The molecular formula is C13H20N2O4S. The fourth-order valence-corrected chi connectivity index (χ4v) is 2.86. The van der Waals surface area contributed by atoms with Gasteiger partial charge in [0, 0.05) is 25.1 Å². The molecule has 6 nitrogen and oxygen atoms in total. The third kappa shape index (κ3) is 4.82. The number of sulfone groups is 1. The molecule has 0 radical (unpaired) electrons. The molecule has 0 saturated heterocycles. The second-order valence-electron chi connectivity index (χ2n) is 4.47. The molecule has 0 heterocycles. The van der Waals surface area contributed by atoms with Crippen LogP contribution in [-0.4, -0.2) is 39.0 Å². The van der Waals surface area contributed by atoms with Crippen LogP contribution in [0, 0.1) is 0 Å². The molecule has 3 N–H and O–H groups in total. The van der Waals surface area contributed by atoms with Gasteiger partial charge in [0.25, 0.3) is 0 Å². The third-order valence-electron chi connectivity index (χ3n) is 2.84. The number of methoxy groups -OCH3 is 1. The lowest BCUT2D eigenvalue weighted by Crippen LogP contribution is -2.34. The van der Waals surface area contributed by atoms with Gasteiger partial charge in [0.2, 0.25) is 5.91 Å². The number of anilines is 2. The summed E-state index contributed by atoms with van der Waals surface area (Å²) < 4.78 is 28.7. The number of hydrogen-bond acceptors (Lipinski definition) is 5. The minimum atomic E-state index is -3.49. The van der Waals surface area contributed by atoms with Crippen molar-refractivity contribution < 1.29 is 17.9 Å². The van der Waals surface area contributed by atoms with Gasteiger partial charge in [0.1, 0.15) is 5.25 Å². The van der Waals surface area contributed by atoms with Crippen LogP contribution in [0.1, 0.15) is 13.3 Å². The highest BCUT2D eigenvalue weighted by Crippen LogP contribution is 2.14. The molecule has 20 heavy (non-hydrogen) atoms. The number of nitrogens with one attached hydrogen (secondary N) is 1. The molecule has 0 saturated carbocycles. The summed E-state index contributed by atoms with van der Waals surface area (Å²) in [5, 5.41) is 1.44. The minimum absolute atomic E-state index is 0.0770.